The van der Waals surface area contributed by atoms with Gasteiger partial charge in [-0.15, -0.1) is 0 Å². The first-order chi connectivity index (χ1) is 12.6. The summed E-state index contributed by atoms with van der Waals surface area (Å²) in [6.07, 6.45) is 1.44. The Morgan fingerprint density at radius 3 is 2.77 bits per heavy atom. The number of amides is 1. The van der Waals surface area contributed by atoms with Crippen molar-refractivity contribution in [1.29, 1.82) is 0 Å². The van der Waals surface area contributed by atoms with Crippen molar-refractivity contribution in [3.63, 3.8) is 0 Å². The van der Waals surface area contributed by atoms with Crippen LogP contribution < -0.4 is 10.9 Å². The predicted molar refractivity (Wildman–Crippen MR) is 103 cm³/mol. The lowest BCUT2D eigenvalue weighted by atomic mass is 10.1. The molecule has 2 N–H and O–H groups in total. The van der Waals surface area contributed by atoms with E-state index in [1.54, 1.807) is 0 Å². The second kappa shape index (κ2) is 6.79. The van der Waals surface area contributed by atoms with E-state index >= 15 is 0 Å². The summed E-state index contributed by atoms with van der Waals surface area (Å²) in [6.45, 7) is 2.49. The van der Waals surface area contributed by atoms with Crippen LogP contribution in [0.2, 0.25) is 0 Å². The van der Waals surface area contributed by atoms with E-state index in [-0.39, 0.29) is 17.4 Å². The fourth-order valence-electron chi connectivity index (χ4n) is 3.55. The molecule has 1 amide bonds. The van der Waals surface area contributed by atoms with Crippen LogP contribution in [0.15, 0.2) is 59.4 Å². The van der Waals surface area contributed by atoms with E-state index in [9.17, 15) is 9.59 Å². The number of benzene rings is 2. The minimum Gasteiger partial charge on any atom is -0.356 e. The molecule has 2 unspecified atom stereocenters. The molecule has 1 aliphatic carbocycles. The number of rotatable bonds is 5. The van der Waals surface area contributed by atoms with Crippen molar-refractivity contribution in [2.75, 3.05) is 6.54 Å². The average molecular weight is 346 g/mol. The van der Waals surface area contributed by atoms with Gasteiger partial charge < -0.3 is 10.3 Å². The number of carbonyl (C=O) groups excluding carboxylic acids is 1. The van der Waals surface area contributed by atoms with Crippen molar-refractivity contribution in [3.05, 3.63) is 81.6 Å². The molecule has 4 heteroatoms. The molecule has 1 aromatic heterocycles. The number of aryl methyl sites for hydroxylation is 1. The Bertz CT molecular complexity index is 1010. The molecule has 3 aromatic rings. The largest absolute Gasteiger partial charge is 0.356 e. The van der Waals surface area contributed by atoms with Gasteiger partial charge in [-0.1, -0.05) is 42.5 Å². The zero-order chi connectivity index (χ0) is 18.1. The molecule has 1 fully saturated rings. The van der Waals surface area contributed by atoms with Crippen molar-refractivity contribution in [2.24, 2.45) is 5.92 Å². The molecule has 26 heavy (non-hydrogen) atoms. The first-order valence-electron chi connectivity index (χ1n) is 9.07. The van der Waals surface area contributed by atoms with E-state index in [0.717, 1.165) is 22.9 Å². The van der Waals surface area contributed by atoms with Crippen LogP contribution in [0.4, 0.5) is 0 Å². The number of H-pyrrole nitrogens is 1. The van der Waals surface area contributed by atoms with Gasteiger partial charge in [-0.05, 0) is 54.3 Å². The van der Waals surface area contributed by atoms with Gasteiger partial charge in [-0.2, -0.15) is 0 Å². The second-order valence-corrected chi connectivity index (χ2v) is 7.11. The Labute approximate surface area is 152 Å². The highest BCUT2D eigenvalue weighted by molar-refractivity contribution is 5.83. The molecule has 0 saturated heterocycles. The Morgan fingerprint density at radius 2 is 1.96 bits per heavy atom. The molecular formula is C22H22N2O2. The third-order valence-electron chi connectivity index (χ3n) is 5.13. The normalized spacial score (nSPS) is 18.7. The maximum absolute atomic E-state index is 12.3. The van der Waals surface area contributed by atoms with Gasteiger partial charge in [0.05, 0.1) is 0 Å². The van der Waals surface area contributed by atoms with Gasteiger partial charge >= 0.3 is 0 Å². The smallest absolute Gasteiger partial charge is 0.251 e. The summed E-state index contributed by atoms with van der Waals surface area (Å²) in [4.78, 5) is 27.5. The summed E-state index contributed by atoms with van der Waals surface area (Å²) in [7, 11) is 0. The molecule has 2 atom stereocenters. The first-order valence-corrected chi connectivity index (χ1v) is 9.07. The number of hydrogen-bond donors (Lipinski definition) is 2. The SMILES string of the molecule is Cc1ccc2cc(CCNC(=O)C3CC3c3ccccc3)c(=O)[nH]c2c1. The van der Waals surface area contributed by atoms with E-state index in [0.29, 0.717) is 24.4 Å². The van der Waals surface area contributed by atoms with Crippen molar-refractivity contribution in [3.8, 4) is 0 Å². The van der Waals surface area contributed by atoms with Gasteiger partial charge in [0.1, 0.15) is 0 Å². The Balaban J connectivity index is 1.36. The number of aromatic nitrogens is 1. The van der Waals surface area contributed by atoms with Crippen LogP contribution >= 0.6 is 0 Å². The average Bonchev–Trinajstić information content (AvgIpc) is 3.44. The lowest BCUT2D eigenvalue weighted by Crippen LogP contribution is -2.29. The lowest BCUT2D eigenvalue weighted by molar-refractivity contribution is -0.122. The zero-order valence-corrected chi connectivity index (χ0v) is 14.8. The van der Waals surface area contributed by atoms with Crippen molar-refractivity contribution in [1.82, 2.24) is 10.3 Å². The monoisotopic (exact) mass is 346 g/mol. The predicted octanol–water partition coefficient (Wildman–Crippen LogP) is 3.30. The molecule has 1 saturated carbocycles. The second-order valence-electron chi connectivity index (χ2n) is 7.11. The van der Waals surface area contributed by atoms with E-state index in [1.807, 2.05) is 49.4 Å². The Morgan fingerprint density at radius 1 is 1.15 bits per heavy atom. The minimum atomic E-state index is -0.0778. The molecule has 4 rings (SSSR count). The summed E-state index contributed by atoms with van der Waals surface area (Å²) in [6, 6.07) is 18.1. The number of carbonyl (C=O) groups is 1. The summed E-state index contributed by atoms with van der Waals surface area (Å²) >= 11 is 0. The molecule has 0 aliphatic heterocycles. The third kappa shape index (κ3) is 3.40. The standard InChI is InChI=1S/C22H22N2O2/c1-14-7-8-16-12-17(21(25)24-20(16)11-14)9-10-23-22(26)19-13-18(19)15-5-3-2-4-6-15/h2-8,11-12,18-19H,9-10,13H2,1H3,(H,23,26)(H,24,25). The molecule has 1 heterocycles. The zero-order valence-electron chi connectivity index (χ0n) is 14.8. The van der Waals surface area contributed by atoms with Crippen LogP contribution in [0.3, 0.4) is 0 Å². The lowest BCUT2D eigenvalue weighted by Gasteiger charge is -2.07. The van der Waals surface area contributed by atoms with Crippen LogP contribution in [0.1, 0.15) is 29.0 Å². The number of fused-ring (bicyclic) bond motifs is 1. The number of aromatic amines is 1. The van der Waals surface area contributed by atoms with Crippen LogP contribution in [0.5, 0.6) is 0 Å². The third-order valence-corrected chi connectivity index (χ3v) is 5.13. The van der Waals surface area contributed by atoms with Crippen molar-refractivity contribution >= 4 is 16.8 Å². The number of hydrogen-bond acceptors (Lipinski definition) is 2. The van der Waals surface area contributed by atoms with Crippen molar-refractivity contribution < 1.29 is 4.79 Å². The van der Waals surface area contributed by atoms with Gasteiger partial charge in [0, 0.05) is 23.5 Å². The topological polar surface area (TPSA) is 62.0 Å². The van der Waals surface area contributed by atoms with E-state index < -0.39 is 0 Å². The van der Waals surface area contributed by atoms with Gasteiger partial charge in [-0.3, -0.25) is 9.59 Å². The molecule has 0 bridgehead atoms. The van der Waals surface area contributed by atoms with E-state index in [2.05, 4.69) is 22.4 Å². The van der Waals surface area contributed by atoms with Gasteiger partial charge in [0.2, 0.25) is 5.91 Å². The first kappa shape index (κ1) is 16.6. The highest BCUT2D eigenvalue weighted by Gasteiger charge is 2.43. The highest BCUT2D eigenvalue weighted by Crippen LogP contribution is 2.47. The minimum absolute atomic E-state index is 0.0651. The fraction of sp³-hybridized carbons (Fsp3) is 0.273. The summed E-state index contributed by atoms with van der Waals surface area (Å²) in [5.41, 5.74) is 3.83. The van der Waals surface area contributed by atoms with Gasteiger partial charge in [0.15, 0.2) is 0 Å². The summed E-state index contributed by atoms with van der Waals surface area (Å²) < 4.78 is 0. The van der Waals surface area contributed by atoms with Crippen molar-refractivity contribution in [2.45, 2.75) is 25.7 Å². The molecule has 2 aromatic carbocycles. The number of nitrogens with one attached hydrogen (secondary N) is 2. The van der Waals surface area contributed by atoms with Crippen LogP contribution in [0, 0.1) is 12.8 Å². The summed E-state index contributed by atoms with van der Waals surface area (Å²) in [5, 5.41) is 4.00. The molecule has 132 valence electrons. The van der Waals surface area contributed by atoms with E-state index in [1.165, 1.54) is 5.56 Å². The maximum atomic E-state index is 12.3. The molecule has 0 radical (unpaired) electrons. The highest BCUT2D eigenvalue weighted by atomic mass is 16.2. The Kier molecular flexibility index (Phi) is 4.33. The quantitative estimate of drug-likeness (QED) is 0.745. The summed E-state index contributed by atoms with van der Waals surface area (Å²) in [5.74, 6) is 0.491. The maximum Gasteiger partial charge on any atom is 0.251 e. The molecule has 0 spiro atoms. The fourth-order valence-corrected chi connectivity index (χ4v) is 3.55. The van der Waals surface area contributed by atoms with Crippen LogP contribution in [-0.2, 0) is 11.2 Å². The van der Waals surface area contributed by atoms with E-state index in [4.69, 9.17) is 0 Å². The Hall–Kier alpha value is -2.88. The molecule has 1 aliphatic rings. The molecule has 4 nitrogen and oxygen atoms in total. The molecular weight excluding hydrogens is 324 g/mol. The van der Waals surface area contributed by atoms with Gasteiger partial charge in [0.25, 0.3) is 5.56 Å². The van der Waals surface area contributed by atoms with Crippen LogP contribution in [0.25, 0.3) is 10.9 Å². The van der Waals surface area contributed by atoms with Gasteiger partial charge in [-0.25, -0.2) is 0 Å². The number of pyridine rings is 1. The van der Waals surface area contributed by atoms with Crippen LogP contribution in [-0.4, -0.2) is 17.4 Å².